The van der Waals surface area contributed by atoms with Gasteiger partial charge in [0.15, 0.2) is 5.82 Å². The maximum atomic E-state index is 12.8. The molecule has 2 bridgehead atoms. The number of hydrogen-bond acceptors (Lipinski definition) is 6. The van der Waals surface area contributed by atoms with E-state index in [0.29, 0.717) is 47.3 Å². The Morgan fingerprint density at radius 2 is 2.00 bits per heavy atom. The van der Waals surface area contributed by atoms with Gasteiger partial charge in [-0.25, -0.2) is 4.52 Å². The molecule has 2 aromatic rings. The third kappa shape index (κ3) is 2.87. The first kappa shape index (κ1) is 18.7. The summed E-state index contributed by atoms with van der Waals surface area (Å²) in [5, 5.41) is 10.4. The van der Waals surface area contributed by atoms with Crippen molar-refractivity contribution >= 4 is 34.8 Å². The van der Waals surface area contributed by atoms with Crippen LogP contribution in [0.2, 0.25) is 5.28 Å². The lowest BCUT2D eigenvalue weighted by Crippen LogP contribution is -2.53. The van der Waals surface area contributed by atoms with Gasteiger partial charge in [0.1, 0.15) is 11.2 Å². The first-order valence-corrected chi connectivity index (χ1v) is 10.6. The molecule has 0 spiro atoms. The summed E-state index contributed by atoms with van der Waals surface area (Å²) in [6.07, 6.45) is 3.40. The molecular formula is C20H24ClN5O3. The summed E-state index contributed by atoms with van der Waals surface area (Å²) in [5.41, 5.74) is 1.04. The highest BCUT2D eigenvalue weighted by Gasteiger charge is 2.63. The van der Waals surface area contributed by atoms with Gasteiger partial charge < -0.3 is 15.4 Å². The minimum atomic E-state index is -0.257. The van der Waals surface area contributed by atoms with Crippen LogP contribution in [-0.2, 0) is 9.53 Å². The van der Waals surface area contributed by atoms with E-state index in [0.717, 1.165) is 12.8 Å². The number of amides is 1. The first-order valence-electron chi connectivity index (χ1n) is 10.2. The molecule has 154 valence electrons. The van der Waals surface area contributed by atoms with Gasteiger partial charge in [-0.2, -0.15) is 4.98 Å². The molecule has 6 rings (SSSR count). The summed E-state index contributed by atoms with van der Waals surface area (Å²) in [5.74, 6) is 2.10. The normalized spacial score (nSPS) is 32.0. The number of carbonyl (C=O) groups is 2. The molecule has 0 saturated heterocycles. The number of ether oxygens (including phenoxy) is 1. The maximum absolute atomic E-state index is 12.8. The number of nitrogens with zero attached hydrogens (tertiary/aromatic N) is 3. The van der Waals surface area contributed by atoms with E-state index in [1.807, 2.05) is 6.92 Å². The van der Waals surface area contributed by atoms with Crippen molar-refractivity contribution in [1.29, 1.82) is 0 Å². The van der Waals surface area contributed by atoms with E-state index >= 15 is 0 Å². The van der Waals surface area contributed by atoms with E-state index in [2.05, 4.69) is 20.7 Å². The van der Waals surface area contributed by atoms with Crippen molar-refractivity contribution < 1.29 is 14.3 Å². The number of rotatable bonds is 5. The average molecular weight is 418 g/mol. The minimum absolute atomic E-state index is 0.0410. The van der Waals surface area contributed by atoms with Crippen molar-refractivity contribution in [3.8, 4) is 0 Å². The molecule has 2 heterocycles. The van der Waals surface area contributed by atoms with Gasteiger partial charge in [-0.3, -0.25) is 9.59 Å². The molecule has 2 unspecified atom stereocenters. The van der Waals surface area contributed by atoms with E-state index < -0.39 is 0 Å². The molecule has 2 aromatic heterocycles. The quantitative estimate of drug-likeness (QED) is 0.725. The van der Waals surface area contributed by atoms with Crippen LogP contribution in [0.15, 0.2) is 12.1 Å². The fourth-order valence-electron chi connectivity index (χ4n) is 5.75. The summed E-state index contributed by atoms with van der Waals surface area (Å²) in [6, 6.07) is 3.44. The minimum Gasteiger partial charge on any atom is -0.466 e. The fourth-order valence-corrected chi connectivity index (χ4v) is 5.91. The molecule has 4 saturated carbocycles. The Morgan fingerprint density at radius 1 is 1.24 bits per heavy atom. The van der Waals surface area contributed by atoms with Crippen LogP contribution in [0.4, 0.5) is 5.82 Å². The molecule has 2 N–H and O–H groups in total. The van der Waals surface area contributed by atoms with Gasteiger partial charge in [-0.15, -0.1) is 5.10 Å². The van der Waals surface area contributed by atoms with Crippen LogP contribution in [0.25, 0.3) is 5.52 Å². The van der Waals surface area contributed by atoms with Crippen molar-refractivity contribution in [2.75, 3.05) is 19.0 Å². The van der Waals surface area contributed by atoms with Crippen LogP contribution < -0.4 is 10.6 Å². The monoisotopic (exact) mass is 417 g/mol. The molecule has 0 radical (unpaired) electrons. The highest BCUT2D eigenvalue weighted by molar-refractivity contribution is 6.28. The summed E-state index contributed by atoms with van der Waals surface area (Å²) in [6.45, 7) is 2.22. The van der Waals surface area contributed by atoms with Crippen LogP contribution in [0.5, 0.6) is 0 Å². The number of nitrogens with one attached hydrogen (secondary N) is 2. The Balaban J connectivity index is 1.53. The van der Waals surface area contributed by atoms with E-state index in [1.165, 1.54) is 10.9 Å². The van der Waals surface area contributed by atoms with Gasteiger partial charge in [0, 0.05) is 13.1 Å². The number of carbonyl (C=O) groups excluding carboxylic acids is 2. The van der Waals surface area contributed by atoms with Crippen molar-refractivity contribution in [2.45, 2.75) is 32.2 Å². The van der Waals surface area contributed by atoms with Crippen LogP contribution in [0.1, 0.15) is 36.7 Å². The third-order valence-electron chi connectivity index (χ3n) is 6.94. The summed E-state index contributed by atoms with van der Waals surface area (Å²) >= 11 is 6.18. The zero-order valence-corrected chi connectivity index (χ0v) is 17.1. The molecule has 6 atom stereocenters. The van der Waals surface area contributed by atoms with Crippen molar-refractivity contribution in [1.82, 2.24) is 19.9 Å². The molecule has 4 fully saturated rings. The van der Waals surface area contributed by atoms with E-state index in [-0.39, 0.29) is 29.1 Å². The second-order valence-corrected chi connectivity index (χ2v) is 8.58. The molecule has 1 amide bonds. The number of halogens is 1. The topological polar surface area (TPSA) is 97.6 Å². The summed E-state index contributed by atoms with van der Waals surface area (Å²) in [4.78, 5) is 29.4. The van der Waals surface area contributed by atoms with Gasteiger partial charge >= 0.3 is 5.97 Å². The van der Waals surface area contributed by atoms with E-state index in [1.54, 1.807) is 19.2 Å². The fraction of sp³-hybridized carbons (Fsp3) is 0.600. The van der Waals surface area contributed by atoms with E-state index in [9.17, 15) is 9.59 Å². The summed E-state index contributed by atoms with van der Waals surface area (Å²) in [7, 11) is 1.57. The molecule has 0 aromatic carbocycles. The SMILES string of the molecule is CCOC(=O)[C@@H]1[C@@H](Nc2nc(Cl)nn3c(C(=O)NC)ccc23)[C@@H]2CC[C@H]1C1CC12. The summed E-state index contributed by atoms with van der Waals surface area (Å²) < 4.78 is 6.93. The van der Waals surface area contributed by atoms with Gasteiger partial charge in [0.25, 0.3) is 5.91 Å². The van der Waals surface area contributed by atoms with Crippen LogP contribution in [0, 0.1) is 29.6 Å². The predicted molar refractivity (Wildman–Crippen MR) is 107 cm³/mol. The molecular weight excluding hydrogens is 394 g/mol. The predicted octanol–water partition coefficient (Wildman–Crippen LogP) is 2.38. The average Bonchev–Trinajstić information content (AvgIpc) is 3.43. The standard InChI is InChI=1S/C20H24ClN5O3/c1-3-29-19(28)15-9-4-5-10(12-8-11(9)12)16(15)23-17-13-6-7-14(18(27)22-2)26(13)25-20(21)24-17/h6-7,9-12,15-16H,3-5,8H2,1-2H3,(H,22,27)(H,23,24,25)/t9-,10+,11?,12?,15-,16-/m0/s1. The van der Waals surface area contributed by atoms with E-state index in [4.69, 9.17) is 16.3 Å². The van der Waals surface area contributed by atoms with Crippen molar-refractivity contribution in [3.05, 3.63) is 23.1 Å². The zero-order chi connectivity index (χ0) is 20.3. The van der Waals surface area contributed by atoms with Crippen molar-refractivity contribution in [3.63, 3.8) is 0 Å². The number of esters is 1. The number of aromatic nitrogens is 3. The zero-order valence-electron chi connectivity index (χ0n) is 16.4. The Bertz CT molecular complexity index is 992. The highest BCUT2D eigenvalue weighted by atomic mass is 35.5. The largest absolute Gasteiger partial charge is 0.466 e. The number of hydrogen-bond donors (Lipinski definition) is 2. The molecule has 9 heteroatoms. The Kier molecular flexibility index (Phi) is 4.42. The van der Waals surface area contributed by atoms with Gasteiger partial charge in [0.05, 0.1) is 12.5 Å². The third-order valence-corrected chi connectivity index (χ3v) is 7.10. The molecule has 8 nitrogen and oxygen atoms in total. The second-order valence-electron chi connectivity index (χ2n) is 8.24. The molecule has 0 aliphatic heterocycles. The maximum Gasteiger partial charge on any atom is 0.311 e. The lowest BCUT2D eigenvalue weighted by Gasteiger charge is -2.47. The Hall–Kier alpha value is -2.35. The first-order chi connectivity index (χ1) is 14.0. The Labute approximate surface area is 173 Å². The van der Waals surface area contributed by atoms with Gasteiger partial charge in [-0.1, -0.05) is 0 Å². The molecule has 29 heavy (non-hydrogen) atoms. The lowest BCUT2D eigenvalue weighted by atomic mass is 9.61. The van der Waals surface area contributed by atoms with Gasteiger partial charge in [0.2, 0.25) is 5.28 Å². The van der Waals surface area contributed by atoms with Crippen molar-refractivity contribution in [2.24, 2.45) is 29.6 Å². The second kappa shape index (κ2) is 6.86. The Morgan fingerprint density at radius 3 is 2.76 bits per heavy atom. The number of fused-ring (bicyclic) bond motifs is 3. The highest BCUT2D eigenvalue weighted by Crippen LogP contribution is 2.64. The number of anilines is 1. The van der Waals surface area contributed by atoms with Crippen LogP contribution in [0.3, 0.4) is 0 Å². The van der Waals surface area contributed by atoms with Crippen LogP contribution in [-0.4, -0.2) is 46.2 Å². The van der Waals surface area contributed by atoms with Gasteiger partial charge in [-0.05, 0) is 73.6 Å². The smallest absolute Gasteiger partial charge is 0.311 e. The molecule has 4 aliphatic rings. The lowest BCUT2D eigenvalue weighted by molar-refractivity contribution is -0.155. The van der Waals surface area contributed by atoms with Crippen LogP contribution >= 0.6 is 11.6 Å². The molecule has 4 aliphatic carbocycles.